The number of piperazine rings is 1. The summed E-state index contributed by atoms with van der Waals surface area (Å²) in [6.07, 6.45) is 1.72. The van der Waals surface area contributed by atoms with Crippen molar-refractivity contribution in [2.24, 2.45) is 4.99 Å². The maximum absolute atomic E-state index is 13.3. The fourth-order valence-corrected chi connectivity index (χ4v) is 3.37. The lowest BCUT2D eigenvalue weighted by molar-refractivity contribution is -0.125. The summed E-state index contributed by atoms with van der Waals surface area (Å²) in [7, 11) is 0. The zero-order valence-corrected chi connectivity index (χ0v) is 15.7. The lowest BCUT2D eigenvalue weighted by Crippen LogP contribution is -2.56. The molecule has 0 unspecified atom stereocenters. The van der Waals surface area contributed by atoms with Crippen LogP contribution in [0.1, 0.15) is 6.42 Å². The summed E-state index contributed by atoms with van der Waals surface area (Å²) in [6.45, 7) is 2.75. The van der Waals surface area contributed by atoms with Crippen molar-refractivity contribution < 1.29 is 14.0 Å². The van der Waals surface area contributed by atoms with E-state index in [2.05, 4.69) is 25.5 Å². The smallest absolute Gasteiger partial charge is 0.249 e. The fourth-order valence-electron chi connectivity index (χ4n) is 3.37. The number of carbonyl (C=O) groups is 2. The number of hydrogen-bond acceptors (Lipinski definition) is 6. The molecule has 2 N–H and O–H groups in total. The van der Waals surface area contributed by atoms with Crippen molar-refractivity contribution in [2.75, 3.05) is 36.4 Å². The van der Waals surface area contributed by atoms with Crippen LogP contribution < -0.4 is 15.5 Å². The Morgan fingerprint density at radius 1 is 1.10 bits per heavy atom. The van der Waals surface area contributed by atoms with Crippen LogP contribution in [0.15, 0.2) is 53.7 Å². The van der Waals surface area contributed by atoms with Gasteiger partial charge in [0, 0.05) is 38.1 Å². The number of guanidine groups is 1. The second kappa shape index (κ2) is 8.26. The third-order valence-corrected chi connectivity index (χ3v) is 4.86. The van der Waals surface area contributed by atoms with E-state index >= 15 is 0 Å². The lowest BCUT2D eigenvalue weighted by Gasteiger charge is -2.38. The van der Waals surface area contributed by atoms with Gasteiger partial charge in [-0.25, -0.2) is 14.4 Å². The highest BCUT2D eigenvalue weighted by Gasteiger charge is 2.30. The largest absolute Gasteiger partial charge is 0.353 e. The van der Waals surface area contributed by atoms with Gasteiger partial charge >= 0.3 is 0 Å². The first-order chi connectivity index (χ1) is 14.1. The van der Waals surface area contributed by atoms with Crippen molar-refractivity contribution in [1.82, 2.24) is 15.2 Å². The Bertz CT molecular complexity index is 928. The molecule has 29 heavy (non-hydrogen) atoms. The number of amides is 2. The maximum atomic E-state index is 13.3. The number of pyridine rings is 1. The number of anilines is 2. The van der Waals surface area contributed by atoms with E-state index in [1.165, 1.54) is 18.2 Å². The molecule has 3 heterocycles. The Morgan fingerprint density at radius 2 is 1.90 bits per heavy atom. The fraction of sp³-hybridized carbons (Fsp3) is 0.300. The molecule has 0 radical (unpaired) electrons. The Hall–Kier alpha value is -3.49. The average Bonchev–Trinajstić information content (AvgIpc) is 2.74. The van der Waals surface area contributed by atoms with Crippen molar-refractivity contribution >= 4 is 29.3 Å². The average molecular weight is 396 g/mol. The topological polar surface area (TPSA) is 89.9 Å². The summed E-state index contributed by atoms with van der Waals surface area (Å²) in [4.78, 5) is 37.6. The van der Waals surface area contributed by atoms with Gasteiger partial charge < -0.3 is 15.1 Å². The molecule has 0 bridgehead atoms. The number of benzene rings is 1. The summed E-state index contributed by atoms with van der Waals surface area (Å²) < 4.78 is 13.3. The first kappa shape index (κ1) is 18.9. The van der Waals surface area contributed by atoms with E-state index in [0.717, 1.165) is 18.9 Å². The van der Waals surface area contributed by atoms with E-state index in [4.69, 9.17) is 0 Å². The zero-order valence-electron chi connectivity index (χ0n) is 15.7. The van der Waals surface area contributed by atoms with Crippen molar-refractivity contribution in [3.8, 4) is 0 Å². The third kappa shape index (κ3) is 4.50. The van der Waals surface area contributed by atoms with Gasteiger partial charge in [-0.3, -0.25) is 14.9 Å². The highest BCUT2D eigenvalue weighted by molar-refractivity contribution is 6.06. The van der Waals surface area contributed by atoms with E-state index in [1.807, 2.05) is 23.1 Å². The normalized spacial score (nSPS) is 19.4. The summed E-state index contributed by atoms with van der Waals surface area (Å²) in [6, 6.07) is 10.5. The van der Waals surface area contributed by atoms with Gasteiger partial charge in [-0.1, -0.05) is 12.1 Å². The molecule has 1 atom stereocenters. The summed E-state index contributed by atoms with van der Waals surface area (Å²) >= 11 is 0. The Balaban J connectivity index is 1.41. The van der Waals surface area contributed by atoms with E-state index in [-0.39, 0.29) is 12.3 Å². The second-order valence-corrected chi connectivity index (χ2v) is 6.88. The first-order valence-electron chi connectivity index (χ1n) is 9.43. The molecule has 2 aliphatic rings. The van der Waals surface area contributed by atoms with E-state index < -0.39 is 17.8 Å². The number of nitrogens with one attached hydrogen (secondary N) is 2. The van der Waals surface area contributed by atoms with Crippen LogP contribution in [-0.4, -0.2) is 59.9 Å². The van der Waals surface area contributed by atoms with Crippen LogP contribution in [0.25, 0.3) is 0 Å². The Labute approximate surface area is 167 Å². The molecule has 8 nitrogen and oxygen atoms in total. The van der Waals surface area contributed by atoms with Crippen LogP contribution in [0.5, 0.6) is 0 Å². The molecular formula is C20H21FN6O2. The molecule has 0 spiro atoms. The predicted octanol–water partition coefficient (Wildman–Crippen LogP) is 1.23. The number of halogens is 1. The van der Waals surface area contributed by atoms with Gasteiger partial charge in [0.2, 0.25) is 17.8 Å². The SMILES string of the molecule is O=C1C[C@H](C(=O)Nc2cccc(F)c2)N=C(N2CCN(c3ccccn3)CC2)N1. The molecule has 2 aliphatic heterocycles. The zero-order chi connectivity index (χ0) is 20.2. The number of hydrogen-bond donors (Lipinski definition) is 2. The van der Waals surface area contributed by atoms with Gasteiger partial charge in [0.15, 0.2) is 0 Å². The van der Waals surface area contributed by atoms with Gasteiger partial charge in [0.25, 0.3) is 0 Å². The molecule has 1 aromatic carbocycles. The molecule has 9 heteroatoms. The van der Waals surface area contributed by atoms with Crippen molar-refractivity contribution in [3.63, 3.8) is 0 Å². The van der Waals surface area contributed by atoms with Crippen LogP contribution in [0, 0.1) is 5.82 Å². The maximum Gasteiger partial charge on any atom is 0.249 e. The Kier molecular flexibility index (Phi) is 5.37. The van der Waals surface area contributed by atoms with Crippen LogP contribution in [-0.2, 0) is 9.59 Å². The van der Waals surface area contributed by atoms with Gasteiger partial charge in [-0.15, -0.1) is 0 Å². The molecule has 1 saturated heterocycles. The lowest BCUT2D eigenvalue weighted by atomic mass is 10.1. The molecule has 4 rings (SSSR count). The Morgan fingerprint density at radius 3 is 2.62 bits per heavy atom. The number of aromatic nitrogens is 1. The van der Waals surface area contributed by atoms with Crippen LogP contribution >= 0.6 is 0 Å². The first-order valence-corrected chi connectivity index (χ1v) is 9.43. The second-order valence-electron chi connectivity index (χ2n) is 6.88. The minimum Gasteiger partial charge on any atom is -0.353 e. The summed E-state index contributed by atoms with van der Waals surface area (Å²) in [5, 5.41) is 5.39. The van der Waals surface area contributed by atoms with Gasteiger partial charge in [-0.2, -0.15) is 0 Å². The van der Waals surface area contributed by atoms with Gasteiger partial charge in [0.05, 0.1) is 6.42 Å². The highest BCUT2D eigenvalue weighted by atomic mass is 19.1. The number of nitrogens with zero attached hydrogens (tertiary/aromatic N) is 4. The summed E-state index contributed by atoms with van der Waals surface area (Å²) in [5.41, 5.74) is 0.335. The molecule has 2 amide bonds. The monoisotopic (exact) mass is 396 g/mol. The summed E-state index contributed by atoms with van der Waals surface area (Å²) in [5.74, 6) is 0.172. The van der Waals surface area contributed by atoms with Crippen LogP contribution in [0.2, 0.25) is 0 Å². The van der Waals surface area contributed by atoms with Crippen LogP contribution in [0.4, 0.5) is 15.9 Å². The number of rotatable bonds is 3. The van der Waals surface area contributed by atoms with E-state index in [1.54, 1.807) is 12.3 Å². The third-order valence-electron chi connectivity index (χ3n) is 4.86. The van der Waals surface area contributed by atoms with Crippen LogP contribution in [0.3, 0.4) is 0 Å². The predicted molar refractivity (Wildman–Crippen MR) is 107 cm³/mol. The van der Waals surface area contributed by atoms with Crippen molar-refractivity contribution in [3.05, 3.63) is 54.5 Å². The quantitative estimate of drug-likeness (QED) is 0.815. The standard InChI is InChI=1S/C20H21FN6O2/c21-14-4-3-5-15(12-14)23-19(29)16-13-18(28)25-20(24-16)27-10-8-26(9-11-27)17-6-1-2-7-22-17/h1-7,12,16H,8-11,13H2,(H,23,29)(H,24,25,28)/t16-/m1/s1. The van der Waals surface area contributed by atoms with Gasteiger partial charge in [-0.05, 0) is 30.3 Å². The molecule has 0 saturated carbocycles. The molecule has 150 valence electrons. The minimum absolute atomic E-state index is 0.0431. The minimum atomic E-state index is -0.851. The molecule has 0 aliphatic carbocycles. The molecular weight excluding hydrogens is 375 g/mol. The van der Waals surface area contributed by atoms with Crippen molar-refractivity contribution in [1.29, 1.82) is 0 Å². The van der Waals surface area contributed by atoms with Crippen molar-refractivity contribution in [2.45, 2.75) is 12.5 Å². The molecule has 2 aromatic rings. The van der Waals surface area contributed by atoms with Gasteiger partial charge in [0.1, 0.15) is 17.7 Å². The van der Waals surface area contributed by atoms with E-state index in [9.17, 15) is 14.0 Å². The highest BCUT2D eigenvalue weighted by Crippen LogP contribution is 2.16. The molecule has 1 fully saturated rings. The number of aliphatic imine (C=N–C) groups is 1. The van der Waals surface area contributed by atoms with E-state index in [0.29, 0.717) is 24.7 Å². The molecule has 1 aromatic heterocycles. The number of carbonyl (C=O) groups excluding carboxylic acids is 2.